The number of esters is 1. The molecule has 0 radical (unpaired) electrons. The van der Waals surface area contributed by atoms with Crippen LogP contribution in [-0.4, -0.2) is 50.7 Å². The Morgan fingerprint density at radius 2 is 1.91 bits per heavy atom. The van der Waals surface area contributed by atoms with E-state index in [-0.39, 0.29) is 13.0 Å². The van der Waals surface area contributed by atoms with Gasteiger partial charge in [-0.15, -0.1) is 0 Å². The summed E-state index contributed by atoms with van der Waals surface area (Å²) in [5.41, 5.74) is 7.35. The minimum absolute atomic E-state index is 0.150. The molecule has 0 fully saturated rings. The molecule has 0 rings (SSSR count). The van der Waals surface area contributed by atoms with Crippen LogP contribution in [0.5, 0.6) is 0 Å². The number of carboxylic acid groups (broad SMARTS) is 1. The largest absolute Gasteiger partial charge is 0.479 e. The number of rotatable bonds is 7. The van der Waals surface area contributed by atoms with E-state index in [1.807, 2.05) is 0 Å². The number of hydrogen-bond acceptors (Lipinski definition) is 7. The van der Waals surface area contributed by atoms with Crippen molar-refractivity contribution >= 4 is 17.9 Å². The minimum Gasteiger partial charge on any atom is -0.479 e. The van der Waals surface area contributed by atoms with E-state index in [0.29, 0.717) is 5.01 Å². The number of guanidine groups is 1. The normalized spacial score (nSPS) is 13.8. The number of aliphatic carboxylic acids is 1. The third-order valence-corrected chi connectivity index (χ3v) is 2.56. The number of nitrogens with zero attached hydrogens (tertiary/aromatic N) is 2. The maximum Gasteiger partial charge on any atom is 0.338 e. The summed E-state index contributed by atoms with van der Waals surface area (Å²) in [6.45, 7) is 4.30. The zero-order chi connectivity index (χ0) is 17.7. The van der Waals surface area contributed by atoms with Crippen molar-refractivity contribution < 1.29 is 24.5 Å². The molecule has 0 aliphatic heterocycles. The molecular weight excluding hydrogens is 298 g/mol. The van der Waals surface area contributed by atoms with Crippen LogP contribution in [0, 0.1) is 15.5 Å². The van der Waals surface area contributed by atoms with Gasteiger partial charge in [0.1, 0.15) is 5.60 Å². The summed E-state index contributed by atoms with van der Waals surface area (Å²) in [7, 11) is 0. The fourth-order valence-electron chi connectivity index (χ4n) is 1.46. The highest BCUT2D eigenvalue weighted by atomic mass is 16.7. The third-order valence-electron chi connectivity index (χ3n) is 2.56. The van der Waals surface area contributed by atoms with Crippen molar-refractivity contribution in [1.29, 1.82) is 5.41 Å². The first-order valence-corrected chi connectivity index (χ1v) is 6.33. The molecule has 1 atom stereocenters. The SMILES string of the molecule is CC(C)(C)OC(=O)[C@](N)(CCCN(C(=N)N)[N+](=O)[O-])C(=O)O. The minimum atomic E-state index is -2.33. The zero-order valence-corrected chi connectivity index (χ0v) is 12.7. The summed E-state index contributed by atoms with van der Waals surface area (Å²) < 4.78 is 4.96. The van der Waals surface area contributed by atoms with E-state index in [2.05, 4.69) is 0 Å². The van der Waals surface area contributed by atoms with E-state index in [1.54, 1.807) is 20.8 Å². The van der Waals surface area contributed by atoms with Gasteiger partial charge < -0.3 is 21.3 Å². The average Bonchev–Trinajstić information content (AvgIpc) is 2.30. The van der Waals surface area contributed by atoms with Gasteiger partial charge in [0.15, 0.2) is 5.03 Å². The predicted molar refractivity (Wildman–Crippen MR) is 75.2 cm³/mol. The lowest BCUT2D eigenvalue weighted by atomic mass is 9.94. The lowest BCUT2D eigenvalue weighted by molar-refractivity contribution is -0.629. The molecule has 11 nitrogen and oxygen atoms in total. The molecule has 0 heterocycles. The topological polar surface area (TPSA) is 186 Å². The van der Waals surface area contributed by atoms with Crippen LogP contribution in [0.1, 0.15) is 33.6 Å². The van der Waals surface area contributed by atoms with Crippen molar-refractivity contribution in [3.63, 3.8) is 0 Å². The summed E-state index contributed by atoms with van der Waals surface area (Å²) in [5.74, 6) is -3.54. The molecule has 11 heteroatoms. The predicted octanol–water partition coefficient (Wildman–Crippen LogP) is -0.722. The summed E-state index contributed by atoms with van der Waals surface area (Å²) in [6, 6.07) is 0. The molecule has 0 unspecified atom stereocenters. The quantitative estimate of drug-likeness (QED) is 0.117. The second-order valence-corrected chi connectivity index (χ2v) is 5.63. The van der Waals surface area contributed by atoms with E-state index in [1.165, 1.54) is 0 Å². The van der Waals surface area contributed by atoms with Crippen molar-refractivity contribution in [1.82, 2.24) is 5.01 Å². The van der Waals surface area contributed by atoms with Gasteiger partial charge in [0, 0.05) is 0 Å². The molecule has 0 aromatic heterocycles. The zero-order valence-electron chi connectivity index (χ0n) is 12.7. The number of ether oxygens (including phenoxy) is 1. The molecule has 0 bridgehead atoms. The maximum atomic E-state index is 11.9. The first-order chi connectivity index (χ1) is 9.81. The van der Waals surface area contributed by atoms with Crippen LogP contribution in [-0.2, 0) is 14.3 Å². The van der Waals surface area contributed by atoms with Gasteiger partial charge in [0.05, 0.1) is 6.54 Å². The van der Waals surface area contributed by atoms with Crippen LogP contribution in [0.3, 0.4) is 0 Å². The molecule has 0 saturated heterocycles. The number of hydrogen-bond donors (Lipinski definition) is 4. The van der Waals surface area contributed by atoms with Crippen molar-refractivity contribution in [2.24, 2.45) is 11.5 Å². The molecule has 6 N–H and O–H groups in total. The van der Waals surface area contributed by atoms with Gasteiger partial charge in [-0.05, 0) is 33.6 Å². The smallest absolute Gasteiger partial charge is 0.338 e. The highest BCUT2D eigenvalue weighted by Gasteiger charge is 2.45. The molecule has 0 aliphatic carbocycles. The van der Waals surface area contributed by atoms with Gasteiger partial charge in [0.25, 0.3) is 5.96 Å². The van der Waals surface area contributed by atoms with Gasteiger partial charge in [0.2, 0.25) is 5.54 Å². The Balaban J connectivity index is 4.92. The first-order valence-electron chi connectivity index (χ1n) is 6.33. The van der Waals surface area contributed by atoms with E-state index in [4.69, 9.17) is 26.7 Å². The number of nitrogens with two attached hydrogens (primary N) is 2. The molecule has 22 heavy (non-hydrogen) atoms. The van der Waals surface area contributed by atoms with Crippen LogP contribution in [0.2, 0.25) is 0 Å². The van der Waals surface area contributed by atoms with Crippen molar-refractivity contribution in [3.05, 3.63) is 10.1 Å². The Morgan fingerprint density at radius 3 is 2.23 bits per heavy atom. The standard InChI is InChI=1S/C11H21N5O6/c1-10(2,3)22-8(19)11(14,7(17)18)5-4-6-15(9(12)13)16(20)21/h4-6,14H2,1-3H3,(H3,12,13)(H,17,18)/t11-/m0/s1. The van der Waals surface area contributed by atoms with Gasteiger partial charge in [-0.25, -0.2) is 19.7 Å². The van der Waals surface area contributed by atoms with E-state index in [9.17, 15) is 19.7 Å². The van der Waals surface area contributed by atoms with Crippen LogP contribution < -0.4 is 11.5 Å². The van der Waals surface area contributed by atoms with Crippen molar-refractivity contribution in [2.45, 2.75) is 44.8 Å². The van der Waals surface area contributed by atoms with E-state index < -0.39 is 40.5 Å². The van der Waals surface area contributed by atoms with Crippen molar-refractivity contribution in [3.8, 4) is 0 Å². The maximum absolute atomic E-state index is 11.9. The summed E-state index contributed by atoms with van der Waals surface area (Å²) in [4.78, 5) is 33.8. The lowest BCUT2D eigenvalue weighted by Crippen LogP contribution is -2.57. The average molecular weight is 319 g/mol. The van der Waals surface area contributed by atoms with E-state index >= 15 is 0 Å². The number of carbonyl (C=O) groups excluding carboxylic acids is 1. The molecule has 0 aliphatic rings. The van der Waals surface area contributed by atoms with Gasteiger partial charge in [-0.2, -0.15) is 0 Å². The summed E-state index contributed by atoms with van der Waals surface area (Å²) in [5, 5.41) is 26.2. The Bertz CT molecular complexity index is 460. The Hall–Kier alpha value is -2.43. The van der Waals surface area contributed by atoms with Crippen LogP contribution in [0.15, 0.2) is 0 Å². The van der Waals surface area contributed by atoms with Crippen LogP contribution >= 0.6 is 0 Å². The number of nitrogens with one attached hydrogen (secondary N) is 1. The van der Waals surface area contributed by atoms with E-state index in [0.717, 1.165) is 0 Å². The molecule has 0 amide bonds. The molecular formula is C11H21N5O6. The number of carbonyl (C=O) groups is 2. The van der Waals surface area contributed by atoms with Crippen molar-refractivity contribution in [2.75, 3.05) is 6.54 Å². The van der Waals surface area contributed by atoms with Crippen LogP contribution in [0.4, 0.5) is 0 Å². The van der Waals surface area contributed by atoms with Gasteiger partial charge in [-0.1, -0.05) is 5.01 Å². The number of nitro groups is 1. The molecule has 0 aromatic rings. The summed E-state index contributed by atoms with van der Waals surface area (Å²) >= 11 is 0. The molecule has 0 saturated carbocycles. The second kappa shape index (κ2) is 7.02. The molecule has 126 valence electrons. The Morgan fingerprint density at radius 1 is 1.41 bits per heavy atom. The first kappa shape index (κ1) is 19.6. The fraction of sp³-hybridized carbons (Fsp3) is 0.727. The number of carboxylic acids is 1. The highest BCUT2D eigenvalue weighted by molar-refractivity contribution is 6.03. The van der Waals surface area contributed by atoms with Gasteiger partial charge in [-0.3, -0.25) is 5.41 Å². The monoisotopic (exact) mass is 319 g/mol. The highest BCUT2D eigenvalue weighted by Crippen LogP contribution is 2.18. The Kier molecular flexibility index (Phi) is 6.25. The Labute approximate surface area is 126 Å². The second-order valence-electron chi connectivity index (χ2n) is 5.63. The number of hydrazine groups is 1. The molecule has 0 spiro atoms. The molecule has 0 aromatic carbocycles. The lowest BCUT2D eigenvalue weighted by Gasteiger charge is -2.28. The van der Waals surface area contributed by atoms with Crippen LogP contribution in [0.25, 0.3) is 0 Å². The third kappa shape index (κ3) is 5.52. The van der Waals surface area contributed by atoms with Gasteiger partial charge >= 0.3 is 11.9 Å². The fourth-order valence-corrected chi connectivity index (χ4v) is 1.46. The summed E-state index contributed by atoms with van der Waals surface area (Å²) in [6.07, 6.45) is -0.558.